The van der Waals surface area contributed by atoms with Crippen LogP contribution < -0.4 is 0 Å². The molecule has 0 fully saturated rings. The number of aryl methyl sites for hydroxylation is 1. The minimum Gasteiger partial charge on any atom is -0.356 e. The lowest BCUT2D eigenvalue weighted by Gasteiger charge is -2.12. The zero-order valence-corrected chi connectivity index (χ0v) is 10.4. The van der Waals surface area contributed by atoms with E-state index in [1.807, 2.05) is 0 Å². The van der Waals surface area contributed by atoms with Crippen LogP contribution in [0.15, 0.2) is 16.8 Å². The summed E-state index contributed by atoms with van der Waals surface area (Å²) >= 11 is 1.78. The van der Waals surface area contributed by atoms with Crippen LogP contribution in [0.5, 0.6) is 0 Å². The number of thiophene rings is 1. The molecule has 1 aromatic heterocycles. The number of rotatable bonds is 8. The van der Waals surface area contributed by atoms with Crippen LogP contribution in [0.3, 0.4) is 0 Å². The highest BCUT2D eigenvalue weighted by Gasteiger charge is 2.03. The van der Waals surface area contributed by atoms with Crippen LogP contribution >= 0.6 is 11.3 Å². The Balaban J connectivity index is 1.97. The Morgan fingerprint density at radius 3 is 2.60 bits per heavy atom. The van der Waals surface area contributed by atoms with Crippen molar-refractivity contribution in [1.29, 1.82) is 0 Å². The lowest BCUT2D eigenvalue weighted by atomic mass is 10.1. The minimum absolute atomic E-state index is 0.0221. The highest BCUT2D eigenvalue weighted by molar-refractivity contribution is 7.07. The second-order valence-corrected chi connectivity index (χ2v) is 4.41. The topological polar surface area (TPSA) is 18.5 Å². The monoisotopic (exact) mass is 228 g/mol. The Morgan fingerprint density at radius 1 is 1.20 bits per heavy atom. The quantitative estimate of drug-likeness (QED) is 0.501. The fourth-order valence-electron chi connectivity index (χ4n) is 1.58. The van der Waals surface area contributed by atoms with Crippen molar-refractivity contribution in [3.8, 4) is 0 Å². The van der Waals surface area contributed by atoms with E-state index < -0.39 is 0 Å². The molecule has 0 unspecified atom stereocenters. The van der Waals surface area contributed by atoms with Crippen molar-refractivity contribution in [2.24, 2.45) is 0 Å². The lowest BCUT2D eigenvalue weighted by molar-refractivity contribution is -0.107. The van der Waals surface area contributed by atoms with E-state index in [1.165, 1.54) is 31.2 Å². The first kappa shape index (κ1) is 12.7. The molecule has 3 heteroatoms. The molecular weight excluding hydrogens is 208 g/mol. The first-order valence-electron chi connectivity index (χ1n) is 5.43. The van der Waals surface area contributed by atoms with Crippen molar-refractivity contribution in [3.63, 3.8) is 0 Å². The second-order valence-electron chi connectivity index (χ2n) is 3.63. The maximum absolute atomic E-state index is 5.13. The molecule has 0 bridgehead atoms. The Hall–Kier alpha value is -0.380. The molecular formula is C12H20O2S. The molecule has 0 aliphatic heterocycles. The first-order valence-corrected chi connectivity index (χ1v) is 6.37. The Labute approximate surface area is 96.2 Å². The number of hydrogen-bond donors (Lipinski definition) is 0. The standard InChI is InChI=1S/C12H20O2S/c1-13-12(14-2)7-5-3-4-6-11-8-9-15-10-11/h8-10,12H,3-7H2,1-2H3. The molecule has 0 amide bonds. The van der Waals surface area contributed by atoms with Crippen molar-refractivity contribution >= 4 is 11.3 Å². The van der Waals surface area contributed by atoms with Gasteiger partial charge in [-0.1, -0.05) is 6.42 Å². The summed E-state index contributed by atoms with van der Waals surface area (Å²) in [5.74, 6) is 0. The predicted octanol–water partition coefficient (Wildman–Crippen LogP) is 3.47. The summed E-state index contributed by atoms with van der Waals surface area (Å²) in [6.07, 6.45) is 5.86. The van der Waals surface area contributed by atoms with Gasteiger partial charge in [-0.25, -0.2) is 0 Å². The molecule has 1 aromatic rings. The van der Waals surface area contributed by atoms with Gasteiger partial charge in [0.25, 0.3) is 0 Å². The van der Waals surface area contributed by atoms with E-state index in [4.69, 9.17) is 9.47 Å². The highest BCUT2D eigenvalue weighted by Crippen LogP contribution is 2.12. The summed E-state index contributed by atoms with van der Waals surface area (Å²) in [4.78, 5) is 0. The fourth-order valence-corrected chi connectivity index (χ4v) is 2.29. The van der Waals surface area contributed by atoms with Gasteiger partial charge in [0, 0.05) is 14.2 Å². The summed E-state index contributed by atoms with van der Waals surface area (Å²) in [5, 5.41) is 4.37. The molecule has 0 aromatic carbocycles. The zero-order chi connectivity index (χ0) is 10.9. The molecule has 0 aliphatic carbocycles. The average Bonchev–Trinajstić information content (AvgIpc) is 2.76. The number of hydrogen-bond acceptors (Lipinski definition) is 3. The molecule has 86 valence electrons. The van der Waals surface area contributed by atoms with Gasteiger partial charge in [0.2, 0.25) is 0 Å². The van der Waals surface area contributed by atoms with E-state index in [0.29, 0.717) is 0 Å². The molecule has 0 saturated heterocycles. The van der Waals surface area contributed by atoms with Gasteiger partial charge in [-0.05, 0) is 48.1 Å². The van der Waals surface area contributed by atoms with Gasteiger partial charge < -0.3 is 9.47 Å². The smallest absolute Gasteiger partial charge is 0.156 e. The van der Waals surface area contributed by atoms with Gasteiger partial charge in [0.15, 0.2) is 6.29 Å². The molecule has 2 nitrogen and oxygen atoms in total. The van der Waals surface area contributed by atoms with Crippen LogP contribution in [0.1, 0.15) is 31.2 Å². The van der Waals surface area contributed by atoms with Crippen LogP contribution in [0.4, 0.5) is 0 Å². The van der Waals surface area contributed by atoms with Gasteiger partial charge in [0.1, 0.15) is 0 Å². The normalized spacial score (nSPS) is 11.1. The molecule has 15 heavy (non-hydrogen) atoms. The van der Waals surface area contributed by atoms with Gasteiger partial charge >= 0.3 is 0 Å². The van der Waals surface area contributed by atoms with Gasteiger partial charge in [-0.2, -0.15) is 11.3 Å². The highest BCUT2D eigenvalue weighted by atomic mass is 32.1. The molecule has 0 saturated carbocycles. The summed E-state index contributed by atoms with van der Waals surface area (Å²) in [6.45, 7) is 0. The van der Waals surface area contributed by atoms with Crippen molar-refractivity contribution in [1.82, 2.24) is 0 Å². The van der Waals surface area contributed by atoms with Crippen molar-refractivity contribution in [3.05, 3.63) is 22.4 Å². The lowest BCUT2D eigenvalue weighted by Crippen LogP contribution is -2.12. The Morgan fingerprint density at radius 2 is 2.00 bits per heavy atom. The summed E-state index contributed by atoms with van der Waals surface area (Å²) in [6, 6.07) is 2.21. The molecule has 0 atom stereocenters. The molecule has 0 aliphatic rings. The average molecular weight is 228 g/mol. The first-order chi connectivity index (χ1) is 7.36. The van der Waals surface area contributed by atoms with E-state index in [9.17, 15) is 0 Å². The third kappa shape index (κ3) is 5.30. The van der Waals surface area contributed by atoms with Crippen LogP contribution in [0.2, 0.25) is 0 Å². The zero-order valence-electron chi connectivity index (χ0n) is 9.57. The molecule has 0 spiro atoms. The molecule has 0 radical (unpaired) electrons. The summed E-state index contributed by atoms with van der Waals surface area (Å²) in [7, 11) is 3.39. The molecule has 0 N–H and O–H groups in total. The van der Waals surface area contributed by atoms with Gasteiger partial charge in [-0.3, -0.25) is 0 Å². The van der Waals surface area contributed by atoms with Crippen molar-refractivity contribution in [2.75, 3.05) is 14.2 Å². The fraction of sp³-hybridized carbons (Fsp3) is 0.667. The Kier molecular flexibility index (Phi) is 6.64. The predicted molar refractivity (Wildman–Crippen MR) is 64.3 cm³/mol. The van der Waals surface area contributed by atoms with Crippen LogP contribution in [0.25, 0.3) is 0 Å². The van der Waals surface area contributed by atoms with Crippen LogP contribution in [-0.4, -0.2) is 20.5 Å². The number of ether oxygens (including phenoxy) is 2. The maximum Gasteiger partial charge on any atom is 0.156 e. The summed E-state index contributed by atoms with van der Waals surface area (Å²) in [5.41, 5.74) is 1.47. The van der Waals surface area contributed by atoms with Crippen molar-refractivity contribution in [2.45, 2.75) is 38.4 Å². The maximum atomic E-state index is 5.13. The number of unbranched alkanes of at least 4 members (excludes halogenated alkanes) is 2. The third-order valence-electron chi connectivity index (χ3n) is 2.51. The van der Waals surface area contributed by atoms with E-state index in [0.717, 1.165) is 6.42 Å². The SMILES string of the molecule is COC(CCCCCc1ccsc1)OC. The number of methoxy groups -OCH3 is 2. The third-order valence-corrected chi connectivity index (χ3v) is 3.24. The van der Waals surface area contributed by atoms with E-state index in [-0.39, 0.29) is 6.29 Å². The van der Waals surface area contributed by atoms with Crippen molar-refractivity contribution < 1.29 is 9.47 Å². The van der Waals surface area contributed by atoms with Crippen LogP contribution in [0, 0.1) is 0 Å². The van der Waals surface area contributed by atoms with Gasteiger partial charge in [-0.15, -0.1) is 0 Å². The largest absolute Gasteiger partial charge is 0.356 e. The minimum atomic E-state index is -0.0221. The molecule has 1 rings (SSSR count). The second kappa shape index (κ2) is 7.85. The molecule has 1 heterocycles. The van der Waals surface area contributed by atoms with Crippen LogP contribution in [-0.2, 0) is 15.9 Å². The Bertz CT molecular complexity index is 230. The van der Waals surface area contributed by atoms with E-state index in [1.54, 1.807) is 25.6 Å². The van der Waals surface area contributed by atoms with E-state index in [2.05, 4.69) is 16.8 Å². The summed E-state index contributed by atoms with van der Waals surface area (Å²) < 4.78 is 10.3. The van der Waals surface area contributed by atoms with Gasteiger partial charge in [0.05, 0.1) is 0 Å². The van der Waals surface area contributed by atoms with E-state index >= 15 is 0 Å².